The molecule has 1 atom stereocenters. The van der Waals surface area contributed by atoms with Crippen LogP contribution in [0, 0.1) is 0 Å². The molecule has 2 heterocycles. The smallest absolute Gasteiger partial charge is 0.254 e. The van der Waals surface area contributed by atoms with Crippen molar-refractivity contribution >= 4 is 16.9 Å². The van der Waals surface area contributed by atoms with E-state index < -0.39 is 0 Å². The van der Waals surface area contributed by atoms with E-state index in [0.717, 1.165) is 42.3 Å². The molecule has 5 nitrogen and oxygen atoms in total. The Labute approximate surface area is 152 Å². The summed E-state index contributed by atoms with van der Waals surface area (Å²) in [5.41, 5.74) is 3.74. The molecular formula is C21H22N4O. The van der Waals surface area contributed by atoms with E-state index >= 15 is 0 Å². The Kier molecular flexibility index (Phi) is 3.75. The minimum Gasteiger partial charge on any atom is -0.345 e. The van der Waals surface area contributed by atoms with Crippen molar-refractivity contribution in [3.05, 3.63) is 66.0 Å². The number of benzene rings is 2. The lowest BCUT2D eigenvalue weighted by Crippen LogP contribution is -2.51. The van der Waals surface area contributed by atoms with Crippen LogP contribution in [0.1, 0.15) is 34.8 Å². The Morgan fingerprint density at radius 1 is 1.08 bits per heavy atom. The highest BCUT2D eigenvalue weighted by molar-refractivity contribution is 5.97. The van der Waals surface area contributed by atoms with Crippen molar-refractivity contribution in [1.29, 1.82) is 0 Å². The van der Waals surface area contributed by atoms with Crippen molar-refractivity contribution < 1.29 is 4.79 Å². The van der Waals surface area contributed by atoms with Crippen LogP contribution in [0.25, 0.3) is 11.0 Å². The molecule has 5 rings (SSSR count). The predicted octanol–water partition coefficient (Wildman–Crippen LogP) is 3.22. The number of nitrogens with one attached hydrogen (secondary N) is 1. The fourth-order valence-corrected chi connectivity index (χ4v) is 4.01. The first-order chi connectivity index (χ1) is 12.8. The number of H-pyrrole nitrogens is 1. The maximum absolute atomic E-state index is 13.3. The molecule has 1 saturated heterocycles. The summed E-state index contributed by atoms with van der Waals surface area (Å²) < 4.78 is 0. The number of aromatic nitrogens is 2. The summed E-state index contributed by atoms with van der Waals surface area (Å²) in [6.07, 6.45) is 4.26. The molecule has 1 aliphatic carbocycles. The Morgan fingerprint density at radius 2 is 1.92 bits per heavy atom. The van der Waals surface area contributed by atoms with Gasteiger partial charge < -0.3 is 9.88 Å². The minimum absolute atomic E-state index is 0.103. The number of hydrogen-bond acceptors (Lipinski definition) is 3. The van der Waals surface area contributed by atoms with Crippen molar-refractivity contribution in [3.63, 3.8) is 0 Å². The Morgan fingerprint density at radius 3 is 2.73 bits per heavy atom. The maximum Gasteiger partial charge on any atom is 0.254 e. The van der Waals surface area contributed by atoms with E-state index in [1.807, 2.05) is 29.2 Å². The molecular weight excluding hydrogens is 324 g/mol. The van der Waals surface area contributed by atoms with Gasteiger partial charge in [-0.15, -0.1) is 0 Å². The lowest BCUT2D eigenvalue weighted by atomic mass is 10.0. The highest BCUT2D eigenvalue weighted by atomic mass is 16.2. The van der Waals surface area contributed by atoms with Gasteiger partial charge in [-0.05, 0) is 36.6 Å². The molecule has 2 aliphatic rings. The zero-order valence-corrected chi connectivity index (χ0v) is 14.6. The van der Waals surface area contributed by atoms with E-state index in [0.29, 0.717) is 0 Å². The molecule has 0 radical (unpaired) electrons. The van der Waals surface area contributed by atoms with Gasteiger partial charge in [-0.25, -0.2) is 4.98 Å². The van der Waals surface area contributed by atoms with Gasteiger partial charge in [0.2, 0.25) is 0 Å². The molecule has 1 aromatic heterocycles. The van der Waals surface area contributed by atoms with Crippen LogP contribution < -0.4 is 0 Å². The van der Waals surface area contributed by atoms with Crippen molar-refractivity contribution in [2.75, 3.05) is 19.6 Å². The van der Waals surface area contributed by atoms with Gasteiger partial charge in [-0.2, -0.15) is 0 Å². The van der Waals surface area contributed by atoms with E-state index in [-0.39, 0.29) is 11.9 Å². The summed E-state index contributed by atoms with van der Waals surface area (Å²) in [5.74, 6) is 0.103. The first-order valence-corrected chi connectivity index (χ1v) is 9.33. The average Bonchev–Trinajstić information content (AvgIpc) is 3.45. The molecule has 1 unspecified atom stereocenters. The summed E-state index contributed by atoms with van der Waals surface area (Å²) >= 11 is 0. The van der Waals surface area contributed by atoms with Gasteiger partial charge in [0.1, 0.15) is 0 Å². The highest BCUT2D eigenvalue weighted by Crippen LogP contribution is 2.34. The third kappa shape index (κ3) is 2.78. The standard InChI is InChI=1S/C21H22N4O/c26-21(16-6-9-18-19(12-16)23-14-22-18)25-11-10-24(17-7-8-17)13-20(25)15-4-2-1-3-5-15/h1-6,9,12,14,17,20H,7-8,10-11,13H2,(H,22,23). The van der Waals surface area contributed by atoms with Crippen molar-refractivity contribution in [2.45, 2.75) is 24.9 Å². The van der Waals surface area contributed by atoms with Crippen molar-refractivity contribution in [3.8, 4) is 0 Å². The summed E-state index contributed by atoms with van der Waals surface area (Å²) in [6.45, 7) is 2.66. The molecule has 1 saturated carbocycles. The Bertz CT molecular complexity index is 931. The summed E-state index contributed by atoms with van der Waals surface area (Å²) in [4.78, 5) is 25.3. The second-order valence-corrected chi connectivity index (χ2v) is 7.29. The predicted molar refractivity (Wildman–Crippen MR) is 101 cm³/mol. The largest absolute Gasteiger partial charge is 0.345 e. The molecule has 2 aromatic carbocycles. The molecule has 132 valence electrons. The van der Waals surface area contributed by atoms with Gasteiger partial charge in [0.05, 0.1) is 23.4 Å². The number of piperazine rings is 1. The lowest BCUT2D eigenvalue weighted by Gasteiger charge is -2.42. The Hall–Kier alpha value is -2.66. The first-order valence-electron chi connectivity index (χ1n) is 9.33. The first kappa shape index (κ1) is 15.6. The molecule has 1 amide bonds. The van der Waals surface area contributed by atoms with Crippen LogP contribution in [0.15, 0.2) is 54.9 Å². The van der Waals surface area contributed by atoms with Gasteiger partial charge in [0.15, 0.2) is 0 Å². The van der Waals surface area contributed by atoms with Crippen LogP contribution in [-0.2, 0) is 0 Å². The Balaban J connectivity index is 1.47. The highest BCUT2D eigenvalue weighted by Gasteiger charge is 2.38. The van der Waals surface area contributed by atoms with Crippen LogP contribution in [0.5, 0.6) is 0 Å². The van der Waals surface area contributed by atoms with Gasteiger partial charge in [0.25, 0.3) is 5.91 Å². The van der Waals surface area contributed by atoms with Crippen LogP contribution in [0.3, 0.4) is 0 Å². The number of fused-ring (bicyclic) bond motifs is 1. The number of hydrogen-bond donors (Lipinski definition) is 1. The van der Waals surface area contributed by atoms with Gasteiger partial charge in [-0.1, -0.05) is 30.3 Å². The second kappa shape index (κ2) is 6.25. The minimum atomic E-state index is 0.103. The molecule has 3 aromatic rings. The summed E-state index contributed by atoms with van der Waals surface area (Å²) in [5, 5.41) is 0. The monoisotopic (exact) mass is 346 g/mol. The lowest BCUT2D eigenvalue weighted by molar-refractivity contribution is 0.0433. The third-order valence-corrected chi connectivity index (χ3v) is 5.59. The van der Waals surface area contributed by atoms with Gasteiger partial charge in [-0.3, -0.25) is 9.69 Å². The average molecular weight is 346 g/mol. The van der Waals surface area contributed by atoms with Crippen molar-refractivity contribution in [1.82, 2.24) is 19.8 Å². The SMILES string of the molecule is O=C(c1ccc2nc[nH]c2c1)N1CCN(C2CC2)CC1c1ccccc1. The van der Waals surface area contributed by atoms with E-state index in [1.165, 1.54) is 18.4 Å². The molecule has 0 bridgehead atoms. The number of carbonyl (C=O) groups is 1. The normalized spacial score (nSPS) is 21.2. The molecule has 1 aliphatic heterocycles. The summed E-state index contributed by atoms with van der Waals surface area (Å²) in [6, 6.07) is 17.0. The molecule has 1 N–H and O–H groups in total. The zero-order chi connectivity index (χ0) is 17.5. The summed E-state index contributed by atoms with van der Waals surface area (Å²) in [7, 11) is 0. The molecule has 5 heteroatoms. The number of nitrogens with zero attached hydrogens (tertiary/aromatic N) is 3. The fraction of sp³-hybridized carbons (Fsp3) is 0.333. The molecule has 26 heavy (non-hydrogen) atoms. The van der Waals surface area contributed by atoms with Crippen LogP contribution in [-0.4, -0.2) is 51.4 Å². The number of imidazole rings is 1. The van der Waals surface area contributed by atoms with E-state index in [2.05, 4.69) is 39.1 Å². The fourth-order valence-electron chi connectivity index (χ4n) is 4.01. The quantitative estimate of drug-likeness (QED) is 0.792. The number of aromatic amines is 1. The molecule has 0 spiro atoms. The molecule has 2 fully saturated rings. The van der Waals surface area contributed by atoms with Crippen molar-refractivity contribution in [2.24, 2.45) is 0 Å². The zero-order valence-electron chi connectivity index (χ0n) is 14.6. The number of rotatable bonds is 3. The van der Waals surface area contributed by atoms with Crippen LogP contribution in [0.2, 0.25) is 0 Å². The van der Waals surface area contributed by atoms with Gasteiger partial charge in [0, 0.05) is 31.2 Å². The number of amides is 1. The number of carbonyl (C=O) groups excluding carboxylic acids is 1. The topological polar surface area (TPSA) is 52.2 Å². The van der Waals surface area contributed by atoms with Crippen LogP contribution in [0.4, 0.5) is 0 Å². The second-order valence-electron chi connectivity index (χ2n) is 7.29. The van der Waals surface area contributed by atoms with Crippen LogP contribution >= 0.6 is 0 Å². The third-order valence-electron chi connectivity index (χ3n) is 5.59. The maximum atomic E-state index is 13.3. The van der Waals surface area contributed by atoms with E-state index in [9.17, 15) is 4.79 Å². The van der Waals surface area contributed by atoms with Gasteiger partial charge >= 0.3 is 0 Å². The van der Waals surface area contributed by atoms with E-state index in [1.54, 1.807) is 6.33 Å². The van der Waals surface area contributed by atoms with E-state index in [4.69, 9.17) is 0 Å².